The lowest BCUT2D eigenvalue weighted by molar-refractivity contribution is 0.775. The first kappa shape index (κ1) is 14.0. The van der Waals surface area contributed by atoms with Gasteiger partial charge in [0.1, 0.15) is 6.07 Å². The second-order valence-corrected chi connectivity index (χ2v) is 4.80. The lowest BCUT2D eigenvalue weighted by Crippen LogP contribution is -1.94. The minimum Gasteiger partial charge on any atom is -0.267 e. The van der Waals surface area contributed by atoms with Crippen LogP contribution in [0.25, 0.3) is 17.0 Å². The van der Waals surface area contributed by atoms with Crippen LogP contribution in [0.1, 0.15) is 5.69 Å². The summed E-state index contributed by atoms with van der Waals surface area (Å²) in [6.45, 7) is 7.38. The molecule has 0 saturated heterocycles. The van der Waals surface area contributed by atoms with Gasteiger partial charge in [0, 0.05) is 13.2 Å². The Bertz CT molecular complexity index is 723. The van der Waals surface area contributed by atoms with Gasteiger partial charge in [0.05, 0.1) is 27.6 Å². The quantitative estimate of drug-likeness (QED) is 0.809. The lowest BCUT2D eigenvalue weighted by atomic mass is 10.2. The first-order valence-electron chi connectivity index (χ1n) is 5.75. The van der Waals surface area contributed by atoms with Crippen LogP contribution in [0.3, 0.4) is 0 Å². The van der Waals surface area contributed by atoms with E-state index in [0.717, 1.165) is 15.9 Å². The third kappa shape index (κ3) is 2.36. The van der Waals surface area contributed by atoms with E-state index in [2.05, 4.69) is 45.4 Å². The van der Waals surface area contributed by atoms with E-state index in [1.165, 1.54) is 0 Å². The molecule has 0 spiro atoms. The smallest absolute Gasteiger partial charge is 0.172 e. The molecule has 2 aromatic rings. The zero-order valence-electron chi connectivity index (χ0n) is 10.9. The Hall–Kier alpha value is -2.39. The Morgan fingerprint density at radius 1 is 1.50 bits per heavy atom. The Morgan fingerprint density at radius 2 is 2.25 bits per heavy atom. The monoisotopic (exact) mass is 329 g/mol. The lowest BCUT2D eigenvalue weighted by Gasteiger charge is -2.00. The second-order valence-electron chi connectivity index (χ2n) is 3.94. The molecule has 0 fully saturated rings. The maximum absolute atomic E-state index is 9.26. The van der Waals surface area contributed by atoms with E-state index in [1.54, 1.807) is 40.0 Å². The summed E-state index contributed by atoms with van der Waals surface area (Å²) in [5.41, 5.74) is 2.57. The standard InChI is InChI=1S/C14H12BrN5/c1-4-6-10(5-2)20-9-11(13(7-16)18-20)14-12(15)8-17-19(14)3/h4-6,8-9H,1-2H2,3H3/b10-6+. The SMILES string of the molecule is C=C/C=C(\C=C)n1cc(-c2c(Br)cnn2C)c(C#N)n1. The summed E-state index contributed by atoms with van der Waals surface area (Å²) >= 11 is 3.43. The van der Waals surface area contributed by atoms with Gasteiger partial charge in [0.25, 0.3) is 0 Å². The van der Waals surface area contributed by atoms with Crippen molar-refractivity contribution in [1.82, 2.24) is 19.6 Å². The van der Waals surface area contributed by atoms with E-state index in [4.69, 9.17) is 0 Å². The molecule has 0 radical (unpaired) electrons. The van der Waals surface area contributed by atoms with Gasteiger partial charge in [-0.25, -0.2) is 4.68 Å². The highest BCUT2D eigenvalue weighted by molar-refractivity contribution is 9.10. The molecular formula is C14H12BrN5. The van der Waals surface area contributed by atoms with E-state index in [9.17, 15) is 5.26 Å². The summed E-state index contributed by atoms with van der Waals surface area (Å²) in [5.74, 6) is 0. The number of aryl methyl sites for hydroxylation is 1. The summed E-state index contributed by atoms with van der Waals surface area (Å²) < 4.78 is 4.10. The zero-order valence-corrected chi connectivity index (χ0v) is 12.5. The molecule has 0 aliphatic heterocycles. The van der Waals surface area contributed by atoms with Crippen molar-refractivity contribution < 1.29 is 0 Å². The molecule has 0 saturated carbocycles. The second kappa shape index (κ2) is 5.72. The molecule has 100 valence electrons. The predicted molar refractivity (Wildman–Crippen MR) is 81.5 cm³/mol. The van der Waals surface area contributed by atoms with Crippen molar-refractivity contribution in [3.05, 3.63) is 53.9 Å². The van der Waals surface area contributed by atoms with E-state index in [0.29, 0.717) is 11.3 Å². The molecule has 0 bridgehead atoms. The van der Waals surface area contributed by atoms with E-state index in [1.807, 2.05) is 7.05 Å². The summed E-state index contributed by atoms with van der Waals surface area (Å²) in [6, 6.07) is 2.10. The molecule has 0 amide bonds. The van der Waals surface area contributed by atoms with Crippen LogP contribution < -0.4 is 0 Å². The Kier molecular flexibility index (Phi) is 4.01. The number of nitrogens with zero attached hydrogens (tertiary/aromatic N) is 5. The van der Waals surface area contributed by atoms with Crippen LogP contribution in [0.15, 0.2) is 48.3 Å². The molecular weight excluding hydrogens is 318 g/mol. The van der Waals surface area contributed by atoms with Crippen LogP contribution in [-0.2, 0) is 7.05 Å². The normalized spacial score (nSPS) is 11.2. The van der Waals surface area contributed by atoms with Crippen LogP contribution in [0.5, 0.6) is 0 Å². The third-order valence-corrected chi connectivity index (χ3v) is 3.31. The van der Waals surface area contributed by atoms with Crippen LogP contribution in [-0.4, -0.2) is 19.6 Å². The van der Waals surface area contributed by atoms with Crippen LogP contribution >= 0.6 is 15.9 Å². The minimum absolute atomic E-state index is 0.325. The predicted octanol–water partition coefficient (Wildman–Crippen LogP) is 3.13. The van der Waals surface area contributed by atoms with Crippen LogP contribution in [0.4, 0.5) is 0 Å². The van der Waals surface area contributed by atoms with Crippen molar-refractivity contribution in [2.45, 2.75) is 0 Å². The summed E-state index contributed by atoms with van der Waals surface area (Å²) in [5, 5.41) is 17.7. The minimum atomic E-state index is 0.325. The van der Waals surface area contributed by atoms with Gasteiger partial charge in [0.2, 0.25) is 0 Å². The summed E-state index contributed by atoms with van der Waals surface area (Å²) in [7, 11) is 1.81. The van der Waals surface area contributed by atoms with Crippen molar-refractivity contribution in [2.24, 2.45) is 7.05 Å². The molecule has 2 rings (SSSR count). The van der Waals surface area contributed by atoms with Gasteiger partial charge >= 0.3 is 0 Å². The molecule has 6 heteroatoms. The highest BCUT2D eigenvalue weighted by Crippen LogP contribution is 2.30. The molecule has 5 nitrogen and oxygen atoms in total. The maximum Gasteiger partial charge on any atom is 0.172 e. The fourth-order valence-electron chi connectivity index (χ4n) is 1.83. The highest BCUT2D eigenvalue weighted by Gasteiger charge is 2.17. The van der Waals surface area contributed by atoms with Gasteiger partial charge in [0.15, 0.2) is 5.69 Å². The van der Waals surface area contributed by atoms with Gasteiger partial charge in [-0.2, -0.15) is 15.5 Å². The van der Waals surface area contributed by atoms with Crippen molar-refractivity contribution in [3.8, 4) is 17.3 Å². The Labute approximate surface area is 125 Å². The number of rotatable bonds is 4. The van der Waals surface area contributed by atoms with Crippen molar-refractivity contribution in [1.29, 1.82) is 5.26 Å². The molecule has 0 atom stereocenters. The van der Waals surface area contributed by atoms with Crippen molar-refractivity contribution >= 4 is 21.6 Å². The average Bonchev–Trinajstić information content (AvgIpc) is 2.99. The number of aromatic nitrogens is 4. The first-order valence-corrected chi connectivity index (χ1v) is 6.54. The van der Waals surface area contributed by atoms with Crippen LogP contribution in [0, 0.1) is 11.3 Å². The molecule has 0 aliphatic carbocycles. The van der Waals surface area contributed by atoms with E-state index in [-0.39, 0.29) is 0 Å². The van der Waals surface area contributed by atoms with Gasteiger partial charge in [-0.3, -0.25) is 4.68 Å². The van der Waals surface area contributed by atoms with E-state index < -0.39 is 0 Å². The summed E-state index contributed by atoms with van der Waals surface area (Å²) in [4.78, 5) is 0. The van der Waals surface area contributed by atoms with Gasteiger partial charge in [-0.05, 0) is 28.1 Å². The number of hydrogen-bond donors (Lipinski definition) is 0. The molecule has 0 N–H and O–H groups in total. The topological polar surface area (TPSA) is 59.4 Å². The molecule has 0 unspecified atom stereocenters. The van der Waals surface area contributed by atoms with Crippen LogP contribution in [0.2, 0.25) is 0 Å². The fourth-order valence-corrected chi connectivity index (χ4v) is 2.40. The largest absolute Gasteiger partial charge is 0.267 e. The van der Waals surface area contributed by atoms with E-state index >= 15 is 0 Å². The molecule has 0 aromatic carbocycles. The molecule has 2 aromatic heterocycles. The molecule has 20 heavy (non-hydrogen) atoms. The average molecular weight is 330 g/mol. The zero-order chi connectivity index (χ0) is 14.7. The van der Waals surface area contributed by atoms with Crippen molar-refractivity contribution in [3.63, 3.8) is 0 Å². The number of nitriles is 1. The van der Waals surface area contributed by atoms with Gasteiger partial charge < -0.3 is 0 Å². The fraction of sp³-hybridized carbons (Fsp3) is 0.0714. The molecule has 2 heterocycles. The number of halogens is 1. The maximum atomic E-state index is 9.26. The number of allylic oxidation sites excluding steroid dienone is 4. The van der Waals surface area contributed by atoms with Crippen molar-refractivity contribution in [2.75, 3.05) is 0 Å². The van der Waals surface area contributed by atoms with Gasteiger partial charge in [-0.1, -0.05) is 19.2 Å². The van der Waals surface area contributed by atoms with Gasteiger partial charge in [-0.15, -0.1) is 0 Å². The number of hydrogen-bond acceptors (Lipinski definition) is 3. The molecule has 0 aliphatic rings. The Morgan fingerprint density at radius 3 is 2.75 bits per heavy atom. The Balaban J connectivity index is 2.65. The third-order valence-electron chi connectivity index (χ3n) is 2.73. The first-order chi connectivity index (χ1) is 9.62. The summed E-state index contributed by atoms with van der Waals surface area (Å²) in [6.07, 6.45) is 8.52. The highest BCUT2D eigenvalue weighted by atomic mass is 79.9.